The summed E-state index contributed by atoms with van der Waals surface area (Å²) in [7, 11) is 0. The van der Waals surface area contributed by atoms with E-state index in [9.17, 15) is 9.59 Å². The zero-order valence-electron chi connectivity index (χ0n) is 11.5. The van der Waals surface area contributed by atoms with Crippen molar-refractivity contribution in [1.82, 2.24) is 5.16 Å². The number of hydrogen-bond donors (Lipinski definition) is 2. The first-order valence-corrected chi connectivity index (χ1v) is 6.73. The Morgan fingerprint density at radius 1 is 1.14 bits per heavy atom. The molecule has 1 fully saturated rings. The Morgan fingerprint density at radius 2 is 1.81 bits per heavy atom. The minimum absolute atomic E-state index is 0.127. The van der Waals surface area contributed by atoms with E-state index in [1.807, 2.05) is 30.3 Å². The molecule has 2 N–H and O–H groups in total. The van der Waals surface area contributed by atoms with Gasteiger partial charge in [0.25, 0.3) is 0 Å². The molecule has 1 aromatic heterocycles. The molecule has 2 atom stereocenters. The van der Waals surface area contributed by atoms with Gasteiger partial charge in [0.15, 0.2) is 5.82 Å². The number of carbonyl (C=O) groups is 2. The van der Waals surface area contributed by atoms with Gasteiger partial charge in [-0.1, -0.05) is 23.4 Å². The average Bonchev–Trinajstić information content (AvgIpc) is 3.18. The van der Waals surface area contributed by atoms with Gasteiger partial charge >= 0.3 is 0 Å². The van der Waals surface area contributed by atoms with Crippen LogP contribution in [0.2, 0.25) is 0 Å². The summed E-state index contributed by atoms with van der Waals surface area (Å²) in [5.74, 6) is 0.101. The zero-order valence-corrected chi connectivity index (χ0v) is 11.5. The summed E-state index contributed by atoms with van der Waals surface area (Å²) in [5, 5.41) is 9.15. The molecule has 0 radical (unpaired) electrons. The number of hydrogen-bond acceptors (Lipinski definition) is 4. The summed E-state index contributed by atoms with van der Waals surface area (Å²) in [6.45, 7) is 1.75. The molecule has 3 rings (SSSR count). The lowest BCUT2D eigenvalue weighted by Gasteiger charge is -2.04. The number of nitrogens with one attached hydrogen (secondary N) is 2. The van der Waals surface area contributed by atoms with Crippen molar-refractivity contribution in [2.75, 3.05) is 10.6 Å². The van der Waals surface area contributed by atoms with Crippen LogP contribution in [0, 0.1) is 18.8 Å². The summed E-state index contributed by atoms with van der Waals surface area (Å²) in [5.41, 5.74) is 0.737. The standard InChI is InChI=1S/C15H15N3O3/c1-9-7-13(18-21-9)17-15(20)12-8-11(12)14(19)16-10-5-3-2-4-6-10/h2-7,11-12H,8H2,1H3,(H,16,19)(H,17,18,20). The molecular weight excluding hydrogens is 270 g/mol. The smallest absolute Gasteiger partial charge is 0.229 e. The maximum Gasteiger partial charge on any atom is 0.229 e. The minimum atomic E-state index is -0.300. The summed E-state index contributed by atoms with van der Waals surface area (Å²) >= 11 is 0. The SMILES string of the molecule is Cc1cc(NC(=O)C2CC2C(=O)Nc2ccccc2)no1. The third-order valence-electron chi connectivity index (χ3n) is 3.38. The van der Waals surface area contributed by atoms with Crippen molar-refractivity contribution in [2.24, 2.45) is 11.8 Å². The fourth-order valence-corrected chi connectivity index (χ4v) is 2.18. The van der Waals surface area contributed by atoms with Crippen molar-refractivity contribution in [3.8, 4) is 0 Å². The zero-order chi connectivity index (χ0) is 14.8. The second-order valence-electron chi connectivity index (χ2n) is 5.12. The van der Waals surface area contributed by atoms with Crippen LogP contribution in [-0.2, 0) is 9.59 Å². The normalized spacial score (nSPS) is 19.9. The first-order valence-electron chi connectivity index (χ1n) is 6.73. The first-order chi connectivity index (χ1) is 10.1. The number of nitrogens with zero attached hydrogens (tertiary/aromatic N) is 1. The van der Waals surface area contributed by atoms with E-state index in [0.717, 1.165) is 5.69 Å². The Balaban J connectivity index is 1.53. The van der Waals surface area contributed by atoms with Crippen molar-refractivity contribution < 1.29 is 14.1 Å². The molecule has 1 aromatic carbocycles. The van der Waals surface area contributed by atoms with Gasteiger partial charge in [0.2, 0.25) is 11.8 Å². The number of aromatic nitrogens is 1. The Bertz CT molecular complexity index is 666. The second kappa shape index (κ2) is 5.40. The van der Waals surface area contributed by atoms with Crippen molar-refractivity contribution in [3.63, 3.8) is 0 Å². The number of anilines is 2. The molecule has 0 spiro atoms. The molecule has 21 heavy (non-hydrogen) atoms. The van der Waals surface area contributed by atoms with E-state index < -0.39 is 0 Å². The highest BCUT2D eigenvalue weighted by molar-refractivity contribution is 6.02. The van der Waals surface area contributed by atoms with Gasteiger partial charge in [-0.05, 0) is 25.5 Å². The summed E-state index contributed by atoms with van der Waals surface area (Å²) in [6.07, 6.45) is 0.557. The number of carbonyl (C=O) groups excluding carboxylic acids is 2. The third kappa shape index (κ3) is 3.10. The molecular formula is C15H15N3O3. The number of benzene rings is 1. The van der Waals surface area contributed by atoms with Crippen LogP contribution in [-0.4, -0.2) is 17.0 Å². The molecule has 108 valence electrons. The highest BCUT2D eigenvalue weighted by Gasteiger charge is 2.48. The predicted molar refractivity (Wildman–Crippen MR) is 76.5 cm³/mol. The van der Waals surface area contributed by atoms with Gasteiger partial charge in [0, 0.05) is 11.8 Å². The lowest BCUT2D eigenvalue weighted by Crippen LogP contribution is -2.20. The largest absolute Gasteiger partial charge is 0.360 e. The van der Waals surface area contributed by atoms with Gasteiger partial charge in [-0.25, -0.2) is 0 Å². The Hall–Kier alpha value is -2.63. The Kier molecular flexibility index (Phi) is 3.43. The van der Waals surface area contributed by atoms with Crippen LogP contribution in [0.1, 0.15) is 12.2 Å². The molecule has 0 aliphatic heterocycles. The molecule has 0 bridgehead atoms. The third-order valence-corrected chi connectivity index (χ3v) is 3.38. The van der Waals surface area contributed by atoms with E-state index in [1.54, 1.807) is 13.0 Å². The fourth-order valence-electron chi connectivity index (χ4n) is 2.18. The van der Waals surface area contributed by atoms with E-state index in [0.29, 0.717) is 18.0 Å². The maximum absolute atomic E-state index is 12.0. The molecule has 2 amide bonds. The molecule has 1 aliphatic rings. The first kappa shape index (κ1) is 13.4. The average molecular weight is 285 g/mol. The highest BCUT2D eigenvalue weighted by atomic mass is 16.5. The lowest BCUT2D eigenvalue weighted by molar-refractivity contribution is -0.122. The van der Waals surface area contributed by atoms with Gasteiger partial charge < -0.3 is 15.2 Å². The van der Waals surface area contributed by atoms with Crippen LogP contribution in [0.25, 0.3) is 0 Å². The van der Waals surface area contributed by atoms with Crippen LogP contribution < -0.4 is 10.6 Å². The molecule has 6 nitrogen and oxygen atoms in total. The van der Waals surface area contributed by atoms with Crippen molar-refractivity contribution in [3.05, 3.63) is 42.2 Å². The van der Waals surface area contributed by atoms with E-state index in [2.05, 4.69) is 15.8 Å². The van der Waals surface area contributed by atoms with Crippen molar-refractivity contribution in [2.45, 2.75) is 13.3 Å². The van der Waals surface area contributed by atoms with Crippen molar-refractivity contribution in [1.29, 1.82) is 0 Å². The van der Waals surface area contributed by atoms with E-state index >= 15 is 0 Å². The summed E-state index contributed by atoms with van der Waals surface area (Å²) < 4.78 is 4.87. The van der Waals surface area contributed by atoms with Gasteiger partial charge in [-0.15, -0.1) is 0 Å². The summed E-state index contributed by atoms with van der Waals surface area (Å²) in [4.78, 5) is 24.0. The second-order valence-corrected chi connectivity index (χ2v) is 5.12. The summed E-state index contributed by atoms with van der Waals surface area (Å²) in [6, 6.07) is 10.8. The van der Waals surface area contributed by atoms with Gasteiger partial charge in [0.1, 0.15) is 5.76 Å². The minimum Gasteiger partial charge on any atom is -0.360 e. The molecule has 1 heterocycles. The number of amides is 2. The Labute approximate surface area is 121 Å². The molecule has 2 unspecified atom stereocenters. The molecule has 1 saturated carbocycles. The topological polar surface area (TPSA) is 84.2 Å². The quantitative estimate of drug-likeness (QED) is 0.902. The number of aryl methyl sites for hydroxylation is 1. The maximum atomic E-state index is 12.0. The monoisotopic (exact) mass is 285 g/mol. The van der Waals surface area contributed by atoms with Gasteiger partial charge in [-0.2, -0.15) is 0 Å². The van der Waals surface area contributed by atoms with E-state index in [4.69, 9.17) is 4.52 Å². The lowest BCUT2D eigenvalue weighted by atomic mass is 10.2. The van der Waals surface area contributed by atoms with Crippen LogP contribution in [0.4, 0.5) is 11.5 Å². The van der Waals surface area contributed by atoms with Crippen LogP contribution in [0.15, 0.2) is 40.9 Å². The predicted octanol–water partition coefficient (Wildman–Crippen LogP) is 2.20. The Morgan fingerprint density at radius 3 is 2.43 bits per heavy atom. The van der Waals surface area contributed by atoms with Gasteiger partial charge in [0.05, 0.1) is 11.8 Å². The van der Waals surface area contributed by atoms with Crippen LogP contribution in [0.3, 0.4) is 0 Å². The molecule has 1 aliphatic carbocycles. The van der Waals surface area contributed by atoms with Crippen LogP contribution >= 0.6 is 0 Å². The molecule has 6 heteroatoms. The fraction of sp³-hybridized carbons (Fsp3) is 0.267. The van der Waals surface area contributed by atoms with E-state index in [-0.39, 0.29) is 23.7 Å². The molecule has 2 aromatic rings. The highest BCUT2D eigenvalue weighted by Crippen LogP contribution is 2.40. The van der Waals surface area contributed by atoms with Gasteiger partial charge in [-0.3, -0.25) is 9.59 Å². The van der Waals surface area contributed by atoms with E-state index in [1.165, 1.54) is 0 Å². The molecule has 0 saturated heterocycles. The van der Waals surface area contributed by atoms with Crippen LogP contribution in [0.5, 0.6) is 0 Å². The number of rotatable bonds is 4. The van der Waals surface area contributed by atoms with Crippen molar-refractivity contribution >= 4 is 23.3 Å². The number of para-hydroxylation sites is 1.